The SMILES string of the molecule is Cc1ccc(SC(C)C=CNNC2=NC(c3ccccc3)C(c3ccccc3)=NN2)cc1. The van der Waals surface area contributed by atoms with Gasteiger partial charge in [-0.2, -0.15) is 5.10 Å². The van der Waals surface area contributed by atoms with Gasteiger partial charge in [-0.1, -0.05) is 84.4 Å². The number of hydrazine groups is 1. The number of nitrogens with one attached hydrogen (secondary N) is 3. The van der Waals surface area contributed by atoms with Gasteiger partial charge in [0.2, 0.25) is 5.96 Å². The minimum atomic E-state index is -0.191. The van der Waals surface area contributed by atoms with Gasteiger partial charge in [0, 0.05) is 21.9 Å². The molecule has 2 atom stereocenters. The minimum Gasteiger partial charge on any atom is -0.306 e. The largest absolute Gasteiger partial charge is 0.306 e. The van der Waals surface area contributed by atoms with E-state index in [9.17, 15) is 0 Å². The predicted molar refractivity (Wildman–Crippen MR) is 135 cm³/mol. The molecule has 32 heavy (non-hydrogen) atoms. The van der Waals surface area contributed by atoms with Crippen LogP contribution in [0.15, 0.2) is 112 Å². The molecule has 5 nitrogen and oxygen atoms in total. The summed E-state index contributed by atoms with van der Waals surface area (Å²) < 4.78 is 0. The Morgan fingerprint density at radius 2 is 1.62 bits per heavy atom. The lowest BCUT2D eigenvalue weighted by atomic mass is 9.97. The Bertz CT molecular complexity index is 1090. The number of thioether (sulfide) groups is 1. The fourth-order valence-electron chi connectivity index (χ4n) is 3.32. The summed E-state index contributed by atoms with van der Waals surface area (Å²) in [6.45, 7) is 4.27. The van der Waals surface area contributed by atoms with Crippen LogP contribution >= 0.6 is 11.8 Å². The predicted octanol–water partition coefficient (Wildman–Crippen LogP) is 5.19. The molecule has 0 spiro atoms. The summed E-state index contributed by atoms with van der Waals surface area (Å²) in [5, 5.41) is 4.95. The Morgan fingerprint density at radius 1 is 0.938 bits per heavy atom. The molecule has 0 aromatic heterocycles. The standard InChI is InChI=1S/C26H27N5S/c1-19-13-15-23(16-14-19)32-20(2)17-18-27-30-26-28-24(21-9-5-3-6-10-21)25(29-31-26)22-11-7-4-8-12-22/h3-18,20,24,27H,1-2H3,(H2,28,30,31). The molecule has 1 heterocycles. The highest BCUT2D eigenvalue weighted by atomic mass is 32.2. The Kier molecular flexibility index (Phi) is 7.25. The topological polar surface area (TPSA) is 60.8 Å². The van der Waals surface area contributed by atoms with Gasteiger partial charge in [0.05, 0.1) is 5.71 Å². The summed E-state index contributed by atoms with van der Waals surface area (Å²) in [5.74, 6) is 0.571. The van der Waals surface area contributed by atoms with E-state index >= 15 is 0 Å². The van der Waals surface area contributed by atoms with E-state index in [0.717, 1.165) is 16.8 Å². The number of hydrogen-bond donors (Lipinski definition) is 3. The van der Waals surface area contributed by atoms with Crippen LogP contribution in [0.1, 0.15) is 29.7 Å². The first-order valence-electron chi connectivity index (χ1n) is 10.6. The number of guanidine groups is 1. The van der Waals surface area contributed by atoms with Crippen molar-refractivity contribution in [1.29, 1.82) is 0 Å². The first kappa shape index (κ1) is 21.7. The lowest BCUT2D eigenvalue weighted by Gasteiger charge is -2.23. The molecule has 3 aromatic rings. The Morgan fingerprint density at radius 3 is 2.34 bits per heavy atom. The summed E-state index contributed by atoms with van der Waals surface area (Å²) in [5.41, 5.74) is 13.5. The van der Waals surface area contributed by atoms with Crippen LogP contribution in [0.25, 0.3) is 0 Å². The van der Waals surface area contributed by atoms with Crippen LogP contribution in [0, 0.1) is 6.92 Å². The van der Waals surface area contributed by atoms with Crippen molar-refractivity contribution in [1.82, 2.24) is 16.3 Å². The van der Waals surface area contributed by atoms with Crippen molar-refractivity contribution in [2.75, 3.05) is 0 Å². The highest BCUT2D eigenvalue weighted by Gasteiger charge is 2.23. The highest BCUT2D eigenvalue weighted by molar-refractivity contribution is 8.00. The molecule has 6 heteroatoms. The van der Waals surface area contributed by atoms with Crippen LogP contribution in [0.3, 0.4) is 0 Å². The van der Waals surface area contributed by atoms with Gasteiger partial charge in [0.15, 0.2) is 0 Å². The van der Waals surface area contributed by atoms with Crippen LogP contribution in [-0.2, 0) is 0 Å². The molecule has 0 aliphatic carbocycles. The third-order valence-electron chi connectivity index (χ3n) is 4.97. The third kappa shape index (κ3) is 5.80. The summed E-state index contributed by atoms with van der Waals surface area (Å²) in [7, 11) is 0. The fourth-order valence-corrected chi connectivity index (χ4v) is 4.20. The lowest BCUT2D eigenvalue weighted by molar-refractivity contribution is 0.735. The van der Waals surface area contributed by atoms with Crippen molar-refractivity contribution >= 4 is 23.4 Å². The van der Waals surface area contributed by atoms with Gasteiger partial charge in [-0.05, 0) is 31.5 Å². The summed E-state index contributed by atoms with van der Waals surface area (Å²) in [6, 6.07) is 28.7. The minimum absolute atomic E-state index is 0.191. The first-order chi connectivity index (χ1) is 15.7. The molecular weight excluding hydrogens is 414 g/mol. The molecule has 2 unspecified atom stereocenters. The van der Waals surface area contributed by atoms with E-state index in [-0.39, 0.29) is 6.04 Å². The van der Waals surface area contributed by atoms with E-state index in [1.54, 1.807) is 0 Å². The van der Waals surface area contributed by atoms with Crippen LogP contribution in [0.2, 0.25) is 0 Å². The molecule has 1 aliphatic rings. The van der Waals surface area contributed by atoms with Crippen molar-refractivity contribution in [2.45, 2.75) is 30.0 Å². The zero-order chi connectivity index (χ0) is 22.2. The van der Waals surface area contributed by atoms with Crippen LogP contribution in [0.5, 0.6) is 0 Å². The Balaban J connectivity index is 1.39. The monoisotopic (exact) mass is 441 g/mol. The van der Waals surface area contributed by atoms with Crippen LogP contribution in [-0.4, -0.2) is 16.9 Å². The molecule has 0 bridgehead atoms. The number of hydrazone groups is 1. The fraction of sp³-hybridized carbons (Fsp3) is 0.154. The molecule has 3 aromatic carbocycles. The van der Waals surface area contributed by atoms with Crippen molar-refractivity contribution in [3.05, 3.63) is 114 Å². The van der Waals surface area contributed by atoms with E-state index in [2.05, 4.69) is 89.8 Å². The molecular formula is C26H27N5S. The number of aryl methyl sites for hydroxylation is 1. The van der Waals surface area contributed by atoms with Crippen LogP contribution < -0.4 is 16.3 Å². The maximum absolute atomic E-state index is 4.86. The summed E-state index contributed by atoms with van der Waals surface area (Å²) in [4.78, 5) is 6.12. The average molecular weight is 442 g/mol. The molecule has 1 aliphatic heterocycles. The van der Waals surface area contributed by atoms with Crippen molar-refractivity contribution in [3.63, 3.8) is 0 Å². The zero-order valence-corrected chi connectivity index (χ0v) is 19.0. The zero-order valence-electron chi connectivity index (χ0n) is 18.2. The van der Waals surface area contributed by atoms with Gasteiger partial charge in [-0.3, -0.25) is 5.43 Å². The molecule has 4 rings (SSSR count). The number of aliphatic imine (C=N–C) groups is 1. The van der Waals surface area contributed by atoms with Gasteiger partial charge >= 0.3 is 0 Å². The first-order valence-corrected chi connectivity index (χ1v) is 11.5. The number of hydrogen-bond acceptors (Lipinski definition) is 6. The molecule has 0 amide bonds. The van der Waals surface area contributed by atoms with Gasteiger partial charge in [-0.25, -0.2) is 10.4 Å². The quantitative estimate of drug-likeness (QED) is 0.349. The van der Waals surface area contributed by atoms with E-state index in [1.807, 2.05) is 54.4 Å². The molecule has 3 N–H and O–H groups in total. The Labute approximate surface area is 193 Å². The van der Waals surface area contributed by atoms with E-state index in [1.165, 1.54) is 10.5 Å². The van der Waals surface area contributed by atoms with E-state index in [0.29, 0.717) is 11.2 Å². The van der Waals surface area contributed by atoms with E-state index in [4.69, 9.17) is 4.99 Å². The van der Waals surface area contributed by atoms with Gasteiger partial charge in [0.1, 0.15) is 6.04 Å². The van der Waals surface area contributed by atoms with Crippen molar-refractivity contribution in [3.8, 4) is 0 Å². The average Bonchev–Trinajstić information content (AvgIpc) is 2.84. The molecule has 162 valence electrons. The number of rotatable bonds is 7. The maximum atomic E-state index is 4.86. The lowest BCUT2D eigenvalue weighted by Crippen LogP contribution is -2.44. The Hall–Kier alpha value is -3.51. The summed E-state index contributed by atoms with van der Waals surface area (Å²) >= 11 is 1.81. The van der Waals surface area contributed by atoms with E-state index < -0.39 is 0 Å². The third-order valence-corrected chi connectivity index (χ3v) is 6.04. The van der Waals surface area contributed by atoms with Gasteiger partial charge in [0.25, 0.3) is 0 Å². The maximum Gasteiger partial charge on any atom is 0.232 e. The highest BCUT2D eigenvalue weighted by Crippen LogP contribution is 2.25. The van der Waals surface area contributed by atoms with Crippen molar-refractivity contribution in [2.24, 2.45) is 10.1 Å². The smallest absolute Gasteiger partial charge is 0.232 e. The molecule has 0 saturated heterocycles. The number of nitrogens with zero attached hydrogens (tertiary/aromatic N) is 2. The normalized spacial score (nSPS) is 16.6. The second-order valence-electron chi connectivity index (χ2n) is 7.53. The molecule has 0 radical (unpaired) electrons. The second-order valence-corrected chi connectivity index (χ2v) is 8.98. The van der Waals surface area contributed by atoms with Gasteiger partial charge < -0.3 is 5.43 Å². The second kappa shape index (κ2) is 10.7. The summed E-state index contributed by atoms with van der Waals surface area (Å²) in [6.07, 6.45) is 4.00. The number of benzene rings is 3. The molecule has 0 saturated carbocycles. The van der Waals surface area contributed by atoms with Gasteiger partial charge in [-0.15, -0.1) is 11.8 Å². The molecule has 0 fully saturated rings. The van der Waals surface area contributed by atoms with Crippen molar-refractivity contribution < 1.29 is 0 Å². The van der Waals surface area contributed by atoms with Crippen LogP contribution in [0.4, 0.5) is 0 Å².